The van der Waals surface area contributed by atoms with Gasteiger partial charge in [0.15, 0.2) is 0 Å². The predicted octanol–water partition coefficient (Wildman–Crippen LogP) is 4.79. The van der Waals surface area contributed by atoms with Crippen molar-refractivity contribution in [2.24, 2.45) is 0 Å². The van der Waals surface area contributed by atoms with E-state index < -0.39 is 0 Å². The fourth-order valence-corrected chi connectivity index (χ4v) is 2.71. The molecule has 1 atom stereocenters. The molecule has 0 aliphatic heterocycles. The number of hydrogen-bond acceptors (Lipinski definition) is 1. The van der Waals surface area contributed by atoms with E-state index in [4.69, 9.17) is 0 Å². The lowest BCUT2D eigenvalue weighted by Crippen LogP contribution is -2.23. The Hall–Kier alpha value is -1.67. The lowest BCUT2D eigenvalue weighted by atomic mass is 9.94. The van der Waals surface area contributed by atoms with Crippen LogP contribution in [0.5, 0.6) is 0 Å². The van der Waals surface area contributed by atoms with E-state index in [-0.39, 0.29) is 11.9 Å². The van der Waals surface area contributed by atoms with Crippen LogP contribution in [0.2, 0.25) is 0 Å². The summed E-state index contributed by atoms with van der Waals surface area (Å²) in [6.45, 7) is 7.03. The number of aryl methyl sites for hydroxylation is 2. The molecule has 0 spiro atoms. The first-order valence-corrected chi connectivity index (χ1v) is 7.74. The van der Waals surface area contributed by atoms with Crippen LogP contribution in [0.25, 0.3) is 0 Å². The number of nitrogens with one attached hydrogen (secondary N) is 1. The average molecular weight is 285 g/mol. The molecule has 0 heterocycles. The fourth-order valence-electron chi connectivity index (χ4n) is 2.71. The minimum atomic E-state index is -0.146. The van der Waals surface area contributed by atoms with Crippen LogP contribution in [-0.4, -0.2) is 6.54 Å². The molecule has 1 nitrogen and oxygen atoms in total. The number of benzene rings is 2. The van der Waals surface area contributed by atoms with Crippen molar-refractivity contribution < 1.29 is 4.39 Å². The largest absolute Gasteiger partial charge is 0.306 e. The predicted molar refractivity (Wildman–Crippen MR) is 87.1 cm³/mol. The molecule has 0 radical (unpaired) electrons. The van der Waals surface area contributed by atoms with Crippen molar-refractivity contribution in [3.8, 4) is 0 Å². The molecule has 2 rings (SSSR count). The van der Waals surface area contributed by atoms with E-state index in [0.29, 0.717) is 0 Å². The molecule has 2 aromatic carbocycles. The van der Waals surface area contributed by atoms with Crippen molar-refractivity contribution in [2.75, 3.05) is 6.54 Å². The van der Waals surface area contributed by atoms with Crippen LogP contribution < -0.4 is 5.32 Å². The monoisotopic (exact) mass is 285 g/mol. The molecule has 0 aliphatic rings. The Balaban J connectivity index is 2.42. The summed E-state index contributed by atoms with van der Waals surface area (Å²) < 4.78 is 14.2. The fraction of sp³-hybridized carbons (Fsp3) is 0.368. The van der Waals surface area contributed by atoms with Crippen molar-refractivity contribution in [3.63, 3.8) is 0 Å². The van der Waals surface area contributed by atoms with Crippen LogP contribution in [-0.2, 0) is 6.42 Å². The van der Waals surface area contributed by atoms with Gasteiger partial charge in [0, 0.05) is 5.56 Å². The highest BCUT2D eigenvalue weighted by Gasteiger charge is 2.17. The third kappa shape index (κ3) is 3.92. The highest BCUT2D eigenvalue weighted by molar-refractivity contribution is 5.37. The maximum Gasteiger partial charge on any atom is 0.128 e. The molecule has 0 saturated carbocycles. The zero-order valence-corrected chi connectivity index (χ0v) is 13.1. The molecule has 21 heavy (non-hydrogen) atoms. The average Bonchev–Trinajstić information content (AvgIpc) is 2.48. The molecule has 2 aromatic rings. The third-order valence-corrected chi connectivity index (χ3v) is 3.69. The van der Waals surface area contributed by atoms with Gasteiger partial charge in [-0.1, -0.05) is 62.2 Å². The Labute approximate surface area is 127 Å². The molecule has 0 bridgehead atoms. The summed E-state index contributed by atoms with van der Waals surface area (Å²) in [6, 6.07) is 13.7. The zero-order chi connectivity index (χ0) is 15.2. The Morgan fingerprint density at radius 1 is 1.10 bits per heavy atom. The lowest BCUT2D eigenvalue weighted by molar-refractivity contribution is 0.558. The van der Waals surface area contributed by atoms with E-state index in [1.54, 1.807) is 6.07 Å². The van der Waals surface area contributed by atoms with Gasteiger partial charge in [-0.15, -0.1) is 0 Å². The number of rotatable bonds is 6. The first-order chi connectivity index (χ1) is 10.2. The van der Waals surface area contributed by atoms with Gasteiger partial charge in [0.2, 0.25) is 0 Å². The van der Waals surface area contributed by atoms with Crippen LogP contribution in [0.4, 0.5) is 4.39 Å². The Kier molecular flexibility index (Phi) is 5.51. The smallest absolute Gasteiger partial charge is 0.128 e. The molecule has 2 heteroatoms. The molecule has 0 fully saturated rings. The first-order valence-electron chi connectivity index (χ1n) is 7.74. The van der Waals surface area contributed by atoms with Crippen molar-refractivity contribution in [1.29, 1.82) is 0 Å². The summed E-state index contributed by atoms with van der Waals surface area (Å²) in [5, 5.41) is 3.41. The molecular weight excluding hydrogens is 261 g/mol. The van der Waals surface area contributed by atoms with Crippen LogP contribution in [0.1, 0.15) is 48.6 Å². The summed E-state index contributed by atoms with van der Waals surface area (Å²) in [6.07, 6.45) is 2.18. The Morgan fingerprint density at radius 3 is 2.62 bits per heavy atom. The van der Waals surface area contributed by atoms with Crippen molar-refractivity contribution in [3.05, 3.63) is 70.5 Å². The maximum absolute atomic E-state index is 14.2. The highest BCUT2D eigenvalue weighted by Crippen LogP contribution is 2.26. The van der Waals surface area contributed by atoms with Gasteiger partial charge in [0.05, 0.1) is 6.04 Å². The van der Waals surface area contributed by atoms with E-state index in [1.807, 2.05) is 19.1 Å². The second kappa shape index (κ2) is 7.37. The molecular formula is C19H24FN. The Morgan fingerprint density at radius 2 is 1.90 bits per heavy atom. The molecule has 1 N–H and O–H groups in total. The normalized spacial score (nSPS) is 12.4. The molecule has 112 valence electrons. The highest BCUT2D eigenvalue weighted by atomic mass is 19.1. The van der Waals surface area contributed by atoms with Crippen LogP contribution in [0.15, 0.2) is 42.5 Å². The second-order valence-electron chi connectivity index (χ2n) is 5.51. The van der Waals surface area contributed by atoms with Gasteiger partial charge in [0.1, 0.15) is 5.82 Å². The van der Waals surface area contributed by atoms with E-state index in [0.717, 1.165) is 36.1 Å². The summed E-state index contributed by atoms with van der Waals surface area (Å²) >= 11 is 0. The third-order valence-electron chi connectivity index (χ3n) is 3.69. The van der Waals surface area contributed by atoms with E-state index in [1.165, 1.54) is 5.56 Å². The topological polar surface area (TPSA) is 12.0 Å². The summed E-state index contributed by atoms with van der Waals surface area (Å²) in [7, 11) is 0. The van der Waals surface area contributed by atoms with Gasteiger partial charge in [-0.25, -0.2) is 4.39 Å². The van der Waals surface area contributed by atoms with E-state index in [2.05, 4.69) is 43.4 Å². The standard InChI is InChI=1S/C19H24FN/c1-4-7-15-8-6-9-16(13-15)19(21-5-2)17-12-14(3)10-11-18(17)20/h6,8-13,19,21H,4-5,7H2,1-3H3. The van der Waals surface area contributed by atoms with Gasteiger partial charge in [0.25, 0.3) is 0 Å². The zero-order valence-electron chi connectivity index (χ0n) is 13.1. The molecule has 1 unspecified atom stereocenters. The summed E-state index contributed by atoms with van der Waals surface area (Å²) in [5.41, 5.74) is 4.25. The number of halogens is 1. The van der Waals surface area contributed by atoms with E-state index in [9.17, 15) is 4.39 Å². The van der Waals surface area contributed by atoms with Crippen molar-refractivity contribution in [1.82, 2.24) is 5.32 Å². The van der Waals surface area contributed by atoms with Gasteiger partial charge in [-0.2, -0.15) is 0 Å². The maximum atomic E-state index is 14.2. The first kappa shape index (κ1) is 15.7. The molecule has 0 saturated heterocycles. The van der Waals surface area contributed by atoms with Crippen molar-refractivity contribution in [2.45, 2.75) is 39.7 Å². The minimum absolute atomic E-state index is 0.0910. The van der Waals surface area contributed by atoms with Gasteiger partial charge in [-0.3, -0.25) is 0 Å². The quantitative estimate of drug-likeness (QED) is 0.805. The summed E-state index contributed by atoms with van der Waals surface area (Å²) in [4.78, 5) is 0. The van der Waals surface area contributed by atoms with Gasteiger partial charge < -0.3 is 5.32 Å². The summed E-state index contributed by atoms with van der Waals surface area (Å²) in [5.74, 6) is -0.146. The van der Waals surface area contributed by atoms with E-state index >= 15 is 0 Å². The SMILES string of the molecule is CCCc1cccc(C(NCC)c2cc(C)ccc2F)c1. The molecule has 0 aliphatic carbocycles. The van der Waals surface area contributed by atoms with Crippen LogP contribution in [0.3, 0.4) is 0 Å². The molecule has 0 aromatic heterocycles. The Bertz CT molecular complexity index is 592. The van der Waals surface area contributed by atoms with Crippen LogP contribution >= 0.6 is 0 Å². The lowest BCUT2D eigenvalue weighted by Gasteiger charge is -2.21. The van der Waals surface area contributed by atoms with Crippen molar-refractivity contribution >= 4 is 0 Å². The van der Waals surface area contributed by atoms with Gasteiger partial charge >= 0.3 is 0 Å². The number of hydrogen-bond donors (Lipinski definition) is 1. The molecule has 0 amide bonds. The minimum Gasteiger partial charge on any atom is -0.306 e. The van der Waals surface area contributed by atoms with Crippen LogP contribution in [0, 0.1) is 12.7 Å². The van der Waals surface area contributed by atoms with Gasteiger partial charge in [-0.05, 0) is 37.1 Å². The second-order valence-corrected chi connectivity index (χ2v) is 5.51.